The van der Waals surface area contributed by atoms with E-state index in [-0.39, 0.29) is 17.4 Å². The number of ether oxygens (including phenoxy) is 1. The summed E-state index contributed by atoms with van der Waals surface area (Å²) in [7, 11) is 1.09. The van der Waals surface area contributed by atoms with E-state index in [1.54, 1.807) is 0 Å². The molecule has 0 bridgehead atoms. The van der Waals surface area contributed by atoms with Gasteiger partial charge >= 0.3 is 0 Å². The van der Waals surface area contributed by atoms with Gasteiger partial charge in [-0.3, -0.25) is 4.21 Å². The van der Waals surface area contributed by atoms with Gasteiger partial charge in [0.05, 0.1) is 11.4 Å². The second-order valence-corrected chi connectivity index (χ2v) is 7.48. The summed E-state index contributed by atoms with van der Waals surface area (Å²) >= 11 is 0. The van der Waals surface area contributed by atoms with Crippen LogP contribution in [-0.4, -0.2) is 35.0 Å². The van der Waals surface area contributed by atoms with Gasteiger partial charge in [-0.15, -0.1) is 0 Å². The van der Waals surface area contributed by atoms with Crippen LogP contribution in [0.4, 0.5) is 0 Å². The van der Waals surface area contributed by atoms with Gasteiger partial charge in [-0.25, -0.2) is 0 Å². The third-order valence-electron chi connectivity index (χ3n) is 4.24. The first-order valence-electron chi connectivity index (χ1n) is 7.90. The molecule has 3 nitrogen and oxygen atoms in total. The third-order valence-corrected chi connectivity index (χ3v) is 6.20. The SMILES string of the molecule is CCCc1ccc(C(CS(=O)C2CCOC2C)NC)cc1. The Morgan fingerprint density at radius 2 is 2.10 bits per heavy atom. The van der Waals surface area contributed by atoms with Gasteiger partial charge in [0.15, 0.2) is 0 Å². The van der Waals surface area contributed by atoms with Gasteiger partial charge in [0, 0.05) is 29.2 Å². The Kier molecular flexibility index (Phi) is 6.40. The molecule has 1 heterocycles. The van der Waals surface area contributed by atoms with Gasteiger partial charge < -0.3 is 10.1 Å². The summed E-state index contributed by atoms with van der Waals surface area (Å²) in [6.07, 6.45) is 3.32. The van der Waals surface area contributed by atoms with Crippen molar-refractivity contribution in [2.45, 2.75) is 50.5 Å². The average molecular weight is 309 g/mol. The molecule has 2 rings (SSSR count). The molecule has 1 aromatic rings. The van der Waals surface area contributed by atoms with E-state index in [1.165, 1.54) is 17.5 Å². The van der Waals surface area contributed by atoms with Crippen LogP contribution in [-0.2, 0) is 22.0 Å². The van der Waals surface area contributed by atoms with Crippen LogP contribution in [0.3, 0.4) is 0 Å². The molecular weight excluding hydrogens is 282 g/mol. The van der Waals surface area contributed by atoms with Crippen molar-refractivity contribution >= 4 is 10.8 Å². The number of nitrogens with one attached hydrogen (secondary N) is 1. The van der Waals surface area contributed by atoms with E-state index >= 15 is 0 Å². The van der Waals surface area contributed by atoms with Gasteiger partial charge in [0.25, 0.3) is 0 Å². The number of hydrogen-bond acceptors (Lipinski definition) is 3. The van der Waals surface area contributed by atoms with E-state index in [1.807, 2.05) is 14.0 Å². The zero-order valence-electron chi connectivity index (χ0n) is 13.3. The van der Waals surface area contributed by atoms with E-state index in [4.69, 9.17) is 4.74 Å². The van der Waals surface area contributed by atoms with E-state index in [0.29, 0.717) is 5.75 Å². The third kappa shape index (κ3) is 4.38. The van der Waals surface area contributed by atoms with Gasteiger partial charge in [0.1, 0.15) is 0 Å². The molecule has 4 atom stereocenters. The van der Waals surface area contributed by atoms with Crippen molar-refractivity contribution < 1.29 is 8.95 Å². The molecule has 1 fully saturated rings. The minimum atomic E-state index is -0.852. The predicted molar refractivity (Wildman–Crippen MR) is 89.1 cm³/mol. The van der Waals surface area contributed by atoms with Crippen molar-refractivity contribution in [3.8, 4) is 0 Å². The highest BCUT2D eigenvalue weighted by molar-refractivity contribution is 7.85. The zero-order valence-corrected chi connectivity index (χ0v) is 14.1. The van der Waals surface area contributed by atoms with Crippen molar-refractivity contribution in [3.05, 3.63) is 35.4 Å². The molecule has 1 saturated heterocycles. The fourth-order valence-electron chi connectivity index (χ4n) is 2.90. The summed E-state index contributed by atoms with van der Waals surface area (Å²) in [5.74, 6) is 0.655. The summed E-state index contributed by atoms with van der Waals surface area (Å²) in [6, 6.07) is 8.85. The van der Waals surface area contributed by atoms with Crippen LogP contribution in [0.1, 0.15) is 43.9 Å². The lowest BCUT2D eigenvalue weighted by Crippen LogP contribution is -2.31. The standard InChI is InChI=1S/C17H27NO2S/c1-4-5-14-6-8-15(9-7-14)16(18-3)12-21(19)17-10-11-20-13(17)2/h6-9,13,16-18H,4-5,10-12H2,1-3H3. The van der Waals surface area contributed by atoms with Crippen LogP contribution < -0.4 is 5.32 Å². The van der Waals surface area contributed by atoms with Crippen molar-refractivity contribution in [1.82, 2.24) is 5.32 Å². The smallest absolute Gasteiger partial charge is 0.0691 e. The van der Waals surface area contributed by atoms with Crippen LogP contribution in [0.2, 0.25) is 0 Å². The fraction of sp³-hybridized carbons (Fsp3) is 0.647. The normalized spacial score (nSPS) is 24.9. The Balaban J connectivity index is 2.00. The number of rotatable bonds is 7. The Hall–Kier alpha value is -0.710. The summed E-state index contributed by atoms with van der Waals surface area (Å²) in [6.45, 7) is 4.97. The molecule has 0 aromatic heterocycles. The summed E-state index contributed by atoms with van der Waals surface area (Å²) in [5.41, 5.74) is 2.59. The van der Waals surface area contributed by atoms with Gasteiger partial charge in [0.2, 0.25) is 0 Å². The molecule has 0 radical (unpaired) electrons. The maximum Gasteiger partial charge on any atom is 0.0691 e. The average Bonchev–Trinajstić information content (AvgIpc) is 2.92. The van der Waals surface area contributed by atoms with Crippen LogP contribution in [0.25, 0.3) is 0 Å². The first kappa shape index (κ1) is 16.7. The lowest BCUT2D eigenvalue weighted by molar-refractivity contribution is 0.127. The van der Waals surface area contributed by atoms with E-state index in [2.05, 4.69) is 36.5 Å². The maximum absolute atomic E-state index is 12.6. The summed E-state index contributed by atoms with van der Waals surface area (Å²) in [4.78, 5) is 0. The topological polar surface area (TPSA) is 38.3 Å². The summed E-state index contributed by atoms with van der Waals surface area (Å²) < 4.78 is 18.1. The van der Waals surface area contributed by atoms with Crippen LogP contribution >= 0.6 is 0 Å². The fourth-order valence-corrected chi connectivity index (χ4v) is 4.70. The highest BCUT2D eigenvalue weighted by Crippen LogP contribution is 2.23. The monoisotopic (exact) mass is 309 g/mol. The highest BCUT2D eigenvalue weighted by Gasteiger charge is 2.30. The minimum absolute atomic E-state index is 0.121. The number of aryl methyl sites for hydroxylation is 1. The molecule has 1 N–H and O–H groups in total. The molecule has 0 spiro atoms. The quantitative estimate of drug-likeness (QED) is 0.842. The van der Waals surface area contributed by atoms with E-state index < -0.39 is 10.8 Å². The highest BCUT2D eigenvalue weighted by atomic mass is 32.2. The second kappa shape index (κ2) is 8.06. The van der Waals surface area contributed by atoms with E-state index in [9.17, 15) is 4.21 Å². The first-order valence-corrected chi connectivity index (χ1v) is 9.28. The van der Waals surface area contributed by atoms with Crippen molar-refractivity contribution in [3.63, 3.8) is 0 Å². The van der Waals surface area contributed by atoms with Crippen molar-refractivity contribution in [1.29, 1.82) is 0 Å². The van der Waals surface area contributed by atoms with Gasteiger partial charge in [-0.1, -0.05) is 37.6 Å². The number of benzene rings is 1. The van der Waals surface area contributed by atoms with Crippen LogP contribution in [0.15, 0.2) is 24.3 Å². The molecular formula is C17H27NO2S. The molecule has 0 aliphatic carbocycles. The van der Waals surface area contributed by atoms with Crippen molar-refractivity contribution in [2.75, 3.05) is 19.4 Å². The predicted octanol–water partition coefficient (Wildman–Crippen LogP) is 2.83. The molecule has 1 aliphatic heterocycles. The summed E-state index contributed by atoms with van der Waals surface area (Å²) in [5, 5.41) is 3.49. The molecule has 4 unspecified atom stereocenters. The molecule has 0 amide bonds. The minimum Gasteiger partial charge on any atom is -0.377 e. The maximum atomic E-state index is 12.6. The molecule has 1 aliphatic rings. The molecule has 0 saturated carbocycles. The van der Waals surface area contributed by atoms with Crippen molar-refractivity contribution in [2.24, 2.45) is 0 Å². The van der Waals surface area contributed by atoms with Crippen LogP contribution in [0, 0.1) is 0 Å². The lowest BCUT2D eigenvalue weighted by Gasteiger charge is -2.20. The second-order valence-electron chi connectivity index (χ2n) is 5.78. The largest absolute Gasteiger partial charge is 0.377 e. The van der Waals surface area contributed by atoms with E-state index in [0.717, 1.165) is 19.4 Å². The zero-order chi connectivity index (χ0) is 15.2. The van der Waals surface area contributed by atoms with Gasteiger partial charge in [-0.2, -0.15) is 0 Å². The molecule has 1 aromatic carbocycles. The Morgan fingerprint density at radius 3 is 2.62 bits per heavy atom. The van der Waals surface area contributed by atoms with Crippen LogP contribution in [0.5, 0.6) is 0 Å². The first-order chi connectivity index (χ1) is 10.2. The molecule has 118 valence electrons. The Morgan fingerprint density at radius 1 is 1.38 bits per heavy atom. The Labute approximate surface area is 130 Å². The molecule has 21 heavy (non-hydrogen) atoms. The lowest BCUT2D eigenvalue weighted by atomic mass is 10.0. The molecule has 4 heteroatoms. The Bertz CT molecular complexity index is 460. The van der Waals surface area contributed by atoms with Gasteiger partial charge in [-0.05, 0) is 37.9 Å². The number of hydrogen-bond donors (Lipinski definition) is 1.